The van der Waals surface area contributed by atoms with Gasteiger partial charge in [-0.15, -0.1) is 0 Å². The molecule has 1 heterocycles. The summed E-state index contributed by atoms with van der Waals surface area (Å²) in [4.78, 5) is 4.13. The first-order valence-corrected chi connectivity index (χ1v) is 5.51. The minimum absolute atomic E-state index is 0.663. The van der Waals surface area contributed by atoms with E-state index in [0.717, 1.165) is 12.8 Å². The van der Waals surface area contributed by atoms with Crippen LogP contribution in [0.5, 0.6) is 0 Å². The average molecular weight is 212 g/mol. The van der Waals surface area contributed by atoms with Crippen LogP contribution in [-0.4, -0.2) is 4.98 Å². The fourth-order valence-corrected chi connectivity index (χ4v) is 1.85. The standard InChI is InChI=1S/C14H16N2/c1-11-9-10-16-14(15)13(11)8-7-12-5-3-2-4-6-12/h2-6,9-10H,7-8H2,1H3,(H2,15,16). The lowest BCUT2D eigenvalue weighted by atomic mass is 10.0. The quantitative estimate of drug-likeness (QED) is 0.849. The lowest BCUT2D eigenvalue weighted by Crippen LogP contribution is -2.02. The van der Waals surface area contributed by atoms with Crippen LogP contribution in [0.4, 0.5) is 5.82 Å². The summed E-state index contributed by atoms with van der Waals surface area (Å²) in [6.45, 7) is 2.08. The summed E-state index contributed by atoms with van der Waals surface area (Å²) in [6, 6.07) is 12.5. The van der Waals surface area contributed by atoms with Crippen molar-refractivity contribution >= 4 is 5.82 Å². The number of rotatable bonds is 3. The first-order valence-electron chi connectivity index (χ1n) is 5.51. The van der Waals surface area contributed by atoms with Crippen molar-refractivity contribution in [1.29, 1.82) is 0 Å². The highest BCUT2D eigenvalue weighted by Gasteiger charge is 2.03. The second kappa shape index (κ2) is 4.79. The lowest BCUT2D eigenvalue weighted by molar-refractivity contribution is 0.942. The molecule has 1 aromatic heterocycles. The van der Waals surface area contributed by atoms with Crippen LogP contribution in [0.2, 0.25) is 0 Å². The van der Waals surface area contributed by atoms with E-state index in [0.29, 0.717) is 5.82 Å². The molecular weight excluding hydrogens is 196 g/mol. The largest absolute Gasteiger partial charge is 0.383 e. The predicted molar refractivity (Wildman–Crippen MR) is 67.2 cm³/mol. The van der Waals surface area contributed by atoms with Crippen molar-refractivity contribution in [3.8, 4) is 0 Å². The molecule has 2 heteroatoms. The summed E-state index contributed by atoms with van der Waals surface area (Å²) in [5.41, 5.74) is 9.61. The molecule has 0 fully saturated rings. The third-order valence-corrected chi connectivity index (χ3v) is 2.83. The molecule has 0 bridgehead atoms. The molecule has 2 rings (SSSR count). The Hall–Kier alpha value is -1.83. The molecule has 0 radical (unpaired) electrons. The molecule has 0 saturated heterocycles. The van der Waals surface area contributed by atoms with Crippen LogP contribution in [0.3, 0.4) is 0 Å². The number of aryl methyl sites for hydroxylation is 2. The van der Waals surface area contributed by atoms with Gasteiger partial charge in [-0.1, -0.05) is 30.3 Å². The van der Waals surface area contributed by atoms with Crippen molar-refractivity contribution in [1.82, 2.24) is 4.98 Å². The van der Waals surface area contributed by atoms with E-state index in [1.54, 1.807) is 6.20 Å². The number of nitrogens with two attached hydrogens (primary N) is 1. The fourth-order valence-electron chi connectivity index (χ4n) is 1.85. The summed E-state index contributed by atoms with van der Waals surface area (Å²) >= 11 is 0. The molecule has 1 aromatic carbocycles. The van der Waals surface area contributed by atoms with Gasteiger partial charge in [-0.25, -0.2) is 4.98 Å². The Kier molecular flexibility index (Phi) is 3.20. The van der Waals surface area contributed by atoms with Crippen molar-refractivity contribution in [3.63, 3.8) is 0 Å². The molecule has 0 spiro atoms. The minimum Gasteiger partial charge on any atom is -0.383 e. The fraction of sp³-hybridized carbons (Fsp3) is 0.214. The van der Waals surface area contributed by atoms with Crippen molar-refractivity contribution in [2.24, 2.45) is 0 Å². The number of pyridine rings is 1. The number of hydrogen-bond acceptors (Lipinski definition) is 2. The van der Waals surface area contributed by atoms with E-state index in [1.807, 2.05) is 12.1 Å². The van der Waals surface area contributed by atoms with Gasteiger partial charge in [0.15, 0.2) is 0 Å². The Bertz CT molecular complexity index is 443. The highest BCUT2D eigenvalue weighted by atomic mass is 14.8. The molecule has 2 aromatic rings. The Morgan fingerprint density at radius 1 is 1.06 bits per heavy atom. The number of nitrogen functional groups attached to an aromatic ring is 1. The third kappa shape index (κ3) is 2.40. The van der Waals surface area contributed by atoms with Gasteiger partial charge >= 0.3 is 0 Å². The predicted octanol–water partition coefficient (Wildman–Crippen LogP) is 2.76. The van der Waals surface area contributed by atoms with Gasteiger partial charge in [0.25, 0.3) is 0 Å². The zero-order chi connectivity index (χ0) is 11.4. The Morgan fingerprint density at radius 2 is 1.81 bits per heavy atom. The second-order valence-corrected chi connectivity index (χ2v) is 3.98. The summed E-state index contributed by atoms with van der Waals surface area (Å²) in [5.74, 6) is 0.663. The van der Waals surface area contributed by atoms with Crippen molar-refractivity contribution in [2.45, 2.75) is 19.8 Å². The smallest absolute Gasteiger partial charge is 0.126 e. The highest BCUT2D eigenvalue weighted by molar-refractivity contribution is 5.44. The number of benzene rings is 1. The zero-order valence-corrected chi connectivity index (χ0v) is 9.48. The Morgan fingerprint density at radius 3 is 2.50 bits per heavy atom. The van der Waals surface area contributed by atoms with Crippen molar-refractivity contribution < 1.29 is 0 Å². The van der Waals surface area contributed by atoms with Crippen LogP contribution in [-0.2, 0) is 12.8 Å². The van der Waals surface area contributed by atoms with Gasteiger partial charge in [0, 0.05) is 6.20 Å². The minimum atomic E-state index is 0.663. The molecule has 0 unspecified atom stereocenters. The monoisotopic (exact) mass is 212 g/mol. The molecular formula is C14H16N2. The van der Waals surface area contributed by atoms with E-state index >= 15 is 0 Å². The van der Waals surface area contributed by atoms with Crippen molar-refractivity contribution in [2.75, 3.05) is 5.73 Å². The van der Waals surface area contributed by atoms with E-state index in [9.17, 15) is 0 Å². The maximum absolute atomic E-state index is 5.87. The Labute approximate surface area is 96.1 Å². The summed E-state index contributed by atoms with van der Waals surface area (Å²) in [6.07, 6.45) is 3.73. The zero-order valence-electron chi connectivity index (χ0n) is 9.48. The number of nitrogens with zero attached hydrogens (tertiary/aromatic N) is 1. The van der Waals surface area contributed by atoms with Gasteiger partial charge in [0.1, 0.15) is 5.82 Å². The summed E-state index contributed by atoms with van der Waals surface area (Å²) in [5, 5.41) is 0. The van der Waals surface area contributed by atoms with Gasteiger partial charge in [0.05, 0.1) is 0 Å². The first-order chi connectivity index (χ1) is 7.77. The number of anilines is 1. The maximum Gasteiger partial charge on any atom is 0.126 e. The highest BCUT2D eigenvalue weighted by Crippen LogP contribution is 2.16. The van der Waals surface area contributed by atoms with E-state index in [1.165, 1.54) is 16.7 Å². The molecule has 2 nitrogen and oxygen atoms in total. The van der Waals surface area contributed by atoms with Gasteiger partial charge in [-0.3, -0.25) is 0 Å². The normalized spacial score (nSPS) is 10.3. The molecule has 0 amide bonds. The number of aromatic nitrogens is 1. The van der Waals surface area contributed by atoms with Crippen LogP contribution >= 0.6 is 0 Å². The van der Waals surface area contributed by atoms with Gasteiger partial charge in [-0.05, 0) is 42.5 Å². The SMILES string of the molecule is Cc1ccnc(N)c1CCc1ccccc1. The molecule has 0 aliphatic rings. The topological polar surface area (TPSA) is 38.9 Å². The molecule has 0 atom stereocenters. The van der Waals surface area contributed by atoms with Crippen molar-refractivity contribution in [3.05, 3.63) is 59.3 Å². The van der Waals surface area contributed by atoms with Gasteiger partial charge in [0.2, 0.25) is 0 Å². The van der Waals surface area contributed by atoms with Crippen LogP contribution in [0.25, 0.3) is 0 Å². The lowest BCUT2D eigenvalue weighted by Gasteiger charge is -2.08. The van der Waals surface area contributed by atoms with Crippen LogP contribution in [0.1, 0.15) is 16.7 Å². The molecule has 16 heavy (non-hydrogen) atoms. The van der Waals surface area contributed by atoms with E-state index in [-0.39, 0.29) is 0 Å². The molecule has 82 valence electrons. The molecule has 2 N–H and O–H groups in total. The van der Waals surface area contributed by atoms with Crippen LogP contribution in [0, 0.1) is 6.92 Å². The molecule has 0 aliphatic heterocycles. The Balaban J connectivity index is 2.11. The van der Waals surface area contributed by atoms with E-state index in [4.69, 9.17) is 5.73 Å². The van der Waals surface area contributed by atoms with Crippen LogP contribution in [0.15, 0.2) is 42.6 Å². The van der Waals surface area contributed by atoms with Gasteiger partial charge < -0.3 is 5.73 Å². The summed E-state index contributed by atoms with van der Waals surface area (Å²) < 4.78 is 0. The summed E-state index contributed by atoms with van der Waals surface area (Å²) in [7, 11) is 0. The maximum atomic E-state index is 5.87. The second-order valence-electron chi connectivity index (χ2n) is 3.98. The molecule has 0 aliphatic carbocycles. The first kappa shape index (κ1) is 10.7. The van der Waals surface area contributed by atoms with E-state index in [2.05, 4.69) is 36.2 Å². The number of hydrogen-bond donors (Lipinski definition) is 1. The third-order valence-electron chi connectivity index (χ3n) is 2.83. The van der Waals surface area contributed by atoms with Gasteiger partial charge in [-0.2, -0.15) is 0 Å². The average Bonchev–Trinajstić information content (AvgIpc) is 2.30. The molecule has 0 saturated carbocycles. The van der Waals surface area contributed by atoms with Crippen LogP contribution < -0.4 is 5.73 Å². The van der Waals surface area contributed by atoms with E-state index < -0.39 is 0 Å².